The first kappa shape index (κ1) is 16.4. The van der Waals surface area contributed by atoms with Crippen LogP contribution in [0.15, 0.2) is 40.9 Å². The third-order valence-corrected chi connectivity index (χ3v) is 4.62. The SMILES string of the molecule is COc1ccccc1CNC(=O)C1C=C2CC(C)CCC2=NC1=O. The van der Waals surface area contributed by atoms with Crippen molar-refractivity contribution in [3.05, 3.63) is 41.5 Å². The summed E-state index contributed by atoms with van der Waals surface area (Å²) in [4.78, 5) is 28.8. The third-order valence-electron chi connectivity index (χ3n) is 4.62. The lowest BCUT2D eigenvalue weighted by atomic mass is 9.82. The van der Waals surface area contributed by atoms with Crippen molar-refractivity contribution in [2.75, 3.05) is 7.11 Å². The van der Waals surface area contributed by atoms with Crippen molar-refractivity contribution >= 4 is 17.5 Å². The Morgan fingerprint density at radius 2 is 2.17 bits per heavy atom. The van der Waals surface area contributed by atoms with Crippen LogP contribution in [0.5, 0.6) is 5.75 Å². The number of hydrogen-bond acceptors (Lipinski definition) is 3. The number of nitrogens with zero attached hydrogens (tertiary/aromatic N) is 1. The molecule has 5 nitrogen and oxygen atoms in total. The van der Waals surface area contributed by atoms with Crippen LogP contribution < -0.4 is 10.1 Å². The number of dihydropyridines is 1. The van der Waals surface area contributed by atoms with Crippen LogP contribution in [0.4, 0.5) is 0 Å². The second-order valence-electron chi connectivity index (χ2n) is 6.44. The molecule has 0 bridgehead atoms. The lowest BCUT2D eigenvalue weighted by molar-refractivity contribution is -0.131. The highest BCUT2D eigenvalue weighted by atomic mass is 16.5. The summed E-state index contributed by atoms with van der Waals surface area (Å²) in [6.45, 7) is 2.51. The van der Waals surface area contributed by atoms with Gasteiger partial charge in [-0.15, -0.1) is 0 Å². The Morgan fingerprint density at radius 1 is 1.38 bits per heavy atom. The maximum absolute atomic E-state index is 12.5. The van der Waals surface area contributed by atoms with Crippen LogP contribution in [-0.2, 0) is 16.1 Å². The summed E-state index contributed by atoms with van der Waals surface area (Å²) >= 11 is 0. The number of benzene rings is 1. The lowest BCUT2D eigenvalue weighted by Gasteiger charge is -2.26. The third kappa shape index (κ3) is 3.40. The monoisotopic (exact) mass is 326 g/mol. The number of nitrogens with one attached hydrogen (secondary N) is 1. The molecule has 1 aromatic rings. The van der Waals surface area contributed by atoms with Crippen molar-refractivity contribution < 1.29 is 14.3 Å². The van der Waals surface area contributed by atoms with E-state index in [2.05, 4.69) is 17.2 Å². The fraction of sp³-hybridized carbons (Fsp3) is 0.421. The van der Waals surface area contributed by atoms with Gasteiger partial charge < -0.3 is 10.1 Å². The number of amides is 2. The molecule has 0 radical (unpaired) electrons. The zero-order valence-electron chi connectivity index (χ0n) is 14.0. The van der Waals surface area contributed by atoms with Gasteiger partial charge in [0.25, 0.3) is 5.91 Å². The highest BCUT2D eigenvalue weighted by molar-refractivity contribution is 6.15. The molecule has 2 aliphatic rings. The van der Waals surface area contributed by atoms with Gasteiger partial charge in [-0.1, -0.05) is 31.2 Å². The van der Waals surface area contributed by atoms with E-state index >= 15 is 0 Å². The molecule has 1 aliphatic carbocycles. The van der Waals surface area contributed by atoms with Crippen LogP contribution in [0.25, 0.3) is 0 Å². The maximum atomic E-state index is 12.5. The van der Waals surface area contributed by atoms with Crippen LogP contribution in [0.3, 0.4) is 0 Å². The Kier molecular flexibility index (Phi) is 4.79. The molecule has 5 heteroatoms. The van der Waals surface area contributed by atoms with E-state index in [4.69, 9.17) is 4.74 Å². The van der Waals surface area contributed by atoms with Crippen LogP contribution in [0.1, 0.15) is 31.7 Å². The van der Waals surface area contributed by atoms with Gasteiger partial charge in [-0.2, -0.15) is 0 Å². The van der Waals surface area contributed by atoms with Crippen molar-refractivity contribution in [1.29, 1.82) is 0 Å². The minimum Gasteiger partial charge on any atom is -0.496 e. The number of ether oxygens (including phenoxy) is 1. The molecular formula is C19H22N2O3. The Labute approximate surface area is 141 Å². The number of rotatable bonds is 4. The number of hydrogen-bond donors (Lipinski definition) is 1. The Bertz CT molecular complexity index is 721. The first-order valence-electron chi connectivity index (χ1n) is 8.30. The first-order chi connectivity index (χ1) is 11.6. The molecule has 1 saturated carbocycles. The molecule has 2 atom stereocenters. The number of carbonyl (C=O) groups excluding carboxylic acids is 2. The molecule has 1 heterocycles. The Hall–Kier alpha value is -2.43. The van der Waals surface area contributed by atoms with E-state index < -0.39 is 5.92 Å². The van der Waals surface area contributed by atoms with Crippen molar-refractivity contribution in [2.24, 2.45) is 16.8 Å². The number of para-hydroxylation sites is 1. The normalized spacial score (nSPS) is 23.0. The molecule has 0 spiro atoms. The molecule has 24 heavy (non-hydrogen) atoms. The van der Waals surface area contributed by atoms with E-state index in [9.17, 15) is 9.59 Å². The number of allylic oxidation sites excluding steroid dienone is 1. The molecule has 0 saturated heterocycles. The molecule has 2 amide bonds. The molecular weight excluding hydrogens is 304 g/mol. The van der Waals surface area contributed by atoms with Gasteiger partial charge in [-0.3, -0.25) is 9.59 Å². The fourth-order valence-corrected chi connectivity index (χ4v) is 3.24. The zero-order valence-corrected chi connectivity index (χ0v) is 14.0. The number of methoxy groups -OCH3 is 1. The predicted molar refractivity (Wildman–Crippen MR) is 91.9 cm³/mol. The van der Waals surface area contributed by atoms with E-state index in [1.165, 1.54) is 0 Å². The quantitative estimate of drug-likeness (QED) is 0.865. The highest BCUT2D eigenvalue weighted by Crippen LogP contribution is 2.30. The molecule has 3 rings (SSSR count). The van der Waals surface area contributed by atoms with E-state index in [-0.39, 0.29) is 11.8 Å². The van der Waals surface area contributed by atoms with E-state index in [1.54, 1.807) is 13.2 Å². The van der Waals surface area contributed by atoms with Gasteiger partial charge in [0.2, 0.25) is 5.91 Å². The topological polar surface area (TPSA) is 67.8 Å². The minimum atomic E-state index is -0.816. The van der Waals surface area contributed by atoms with E-state index in [0.717, 1.165) is 36.1 Å². The van der Waals surface area contributed by atoms with E-state index in [0.29, 0.717) is 18.2 Å². The second-order valence-corrected chi connectivity index (χ2v) is 6.44. The first-order valence-corrected chi connectivity index (χ1v) is 8.30. The van der Waals surface area contributed by atoms with Crippen LogP contribution in [-0.4, -0.2) is 24.6 Å². The predicted octanol–water partition coefficient (Wildman–Crippen LogP) is 2.66. The second kappa shape index (κ2) is 6.99. The summed E-state index contributed by atoms with van der Waals surface area (Å²) < 4.78 is 5.27. The van der Waals surface area contributed by atoms with Crippen molar-refractivity contribution in [3.63, 3.8) is 0 Å². The van der Waals surface area contributed by atoms with Gasteiger partial charge in [0.15, 0.2) is 0 Å². The molecule has 126 valence electrons. The number of aliphatic imine (C=N–C) groups is 1. The average molecular weight is 326 g/mol. The zero-order chi connectivity index (χ0) is 17.1. The lowest BCUT2D eigenvalue weighted by Crippen LogP contribution is -2.36. The fourth-order valence-electron chi connectivity index (χ4n) is 3.24. The van der Waals surface area contributed by atoms with Crippen LogP contribution in [0, 0.1) is 11.8 Å². The summed E-state index contributed by atoms with van der Waals surface area (Å²) in [7, 11) is 1.59. The Balaban J connectivity index is 1.69. The van der Waals surface area contributed by atoms with Gasteiger partial charge in [0.1, 0.15) is 11.7 Å². The Morgan fingerprint density at radius 3 is 2.96 bits per heavy atom. The van der Waals surface area contributed by atoms with Gasteiger partial charge in [0, 0.05) is 17.8 Å². The molecule has 1 aromatic carbocycles. The van der Waals surface area contributed by atoms with Gasteiger partial charge in [-0.25, -0.2) is 4.99 Å². The molecule has 2 unspecified atom stereocenters. The van der Waals surface area contributed by atoms with Crippen molar-refractivity contribution in [2.45, 2.75) is 32.7 Å². The average Bonchev–Trinajstić information content (AvgIpc) is 2.59. The molecule has 1 N–H and O–H groups in total. The van der Waals surface area contributed by atoms with Crippen LogP contribution >= 0.6 is 0 Å². The van der Waals surface area contributed by atoms with Gasteiger partial charge in [-0.05, 0) is 36.8 Å². The number of carbonyl (C=O) groups is 2. The van der Waals surface area contributed by atoms with Crippen molar-refractivity contribution in [3.8, 4) is 5.75 Å². The van der Waals surface area contributed by atoms with E-state index in [1.807, 2.05) is 24.3 Å². The highest BCUT2D eigenvalue weighted by Gasteiger charge is 2.32. The van der Waals surface area contributed by atoms with Gasteiger partial charge >= 0.3 is 0 Å². The summed E-state index contributed by atoms with van der Waals surface area (Å²) in [6.07, 6.45) is 4.57. The summed E-state index contributed by atoms with van der Waals surface area (Å²) in [6, 6.07) is 7.49. The summed E-state index contributed by atoms with van der Waals surface area (Å²) in [5.74, 6) is -0.197. The number of fused-ring (bicyclic) bond motifs is 1. The minimum absolute atomic E-state index is 0.306. The smallest absolute Gasteiger partial charge is 0.262 e. The largest absolute Gasteiger partial charge is 0.496 e. The standard InChI is InChI=1S/C19H22N2O3/c1-12-7-8-16-14(9-12)10-15(19(23)21-16)18(22)20-11-13-5-3-4-6-17(13)24-2/h3-6,10,12,15H,7-9,11H2,1-2H3,(H,20,22). The molecule has 0 aromatic heterocycles. The maximum Gasteiger partial charge on any atom is 0.262 e. The molecule has 1 aliphatic heterocycles. The van der Waals surface area contributed by atoms with Crippen molar-refractivity contribution in [1.82, 2.24) is 5.32 Å². The summed E-state index contributed by atoms with van der Waals surface area (Å²) in [5, 5.41) is 2.83. The molecule has 1 fully saturated rings. The summed E-state index contributed by atoms with van der Waals surface area (Å²) in [5.41, 5.74) is 2.80. The van der Waals surface area contributed by atoms with Gasteiger partial charge in [0.05, 0.1) is 7.11 Å². The van der Waals surface area contributed by atoms with Crippen LogP contribution in [0.2, 0.25) is 0 Å².